The van der Waals surface area contributed by atoms with Crippen molar-refractivity contribution < 1.29 is 14.0 Å². The molecule has 0 spiro atoms. The molecule has 2 heterocycles. The molecule has 0 saturated heterocycles. The molecular weight excluding hydrogens is 356 g/mol. The van der Waals surface area contributed by atoms with Gasteiger partial charge in [-0.1, -0.05) is 18.2 Å². The fraction of sp³-hybridized carbons (Fsp3) is 0.286. The smallest absolute Gasteiger partial charge is 0.272 e. The minimum atomic E-state index is -0.283. The van der Waals surface area contributed by atoms with E-state index in [9.17, 15) is 9.59 Å². The standard InChI is InChI=1S/C21H24N4O3/c1-4-24(5-2)20(26)15-23(3)21(27)18-14-17(19-12-9-13-28-19)22-25(18)16-10-7-6-8-11-16/h6-14H,4-5,15H2,1-3H3. The number of aromatic nitrogens is 2. The van der Waals surface area contributed by atoms with Crippen molar-refractivity contribution in [3.8, 4) is 17.1 Å². The number of carbonyl (C=O) groups is 2. The summed E-state index contributed by atoms with van der Waals surface area (Å²) < 4.78 is 7.01. The van der Waals surface area contributed by atoms with E-state index in [1.165, 1.54) is 4.90 Å². The number of carbonyl (C=O) groups excluding carboxylic acids is 2. The monoisotopic (exact) mass is 380 g/mol. The Hall–Kier alpha value is -3.35. The fourth-order valence-corrected chi connectivity index (χ4v) is 2.99. The minimum absolute atomic E-state index is 0.0105. The van der Waals surface area contributed by atoms with E-state index in [2.05, 4.69) is 5.10 Å². The fourth-order valence-electron chi connectivity index (χ4n) is 2.99. The molecule has 28 heavy (non-hydrogen) atoms. The van der Waals surface area contributed by atoms with Gasteiger partial charge in [0.25, 0.3) is 5.91 Å². The Kier molecular flexibility index (Phi) is 5.93. The van der Waals surface area contributed by atoms with Gasteiger partial charge in [-0.2, -0.15) is 5.10 Å². The van der Waals surface area contributed by atoms with E-state index < -0.39 is 0 Å². The van der Waals surface area contributed by atoms with Crippen molar-refractivity contribution >= 4 is 11.8 Å². The van der Waals surface area contributed by atoms with E-state index in [0.717, 1.165) is 5.69 Å². The van der Waals surface area contributed by atoms with Gasteiger partial charge in [0.1, 0.15) is 11.4 Å². The van der Waals surface area contributed by atoms with Gasteiger partial charge in [-0.15, -0.1) is 0 Å². The molecule has 0 bridgehead atoms. The first-order chi connectivity index (χ1) is 13.5. The van der Waals surface area contributed by atoms with Crippen LogP contribution in [0.15, 0.2) is 59.2 Å². The Morgan fingerprint density at radius 3 is 2.39 bits per heavy atom. The van der Waals surface area contributed by atoms with Gasteiger partial charge in [0.05, 0.1) is 18.5 Å². The van der Waals surface area contributed by atoms with Gasteiger partial charge in [-0.05, 0) is 38.1 Å². The topological polar surface area (TPSA) is 71.6 Å². The number of para-hydroxylation sites is 1. The third kappa shape index (κ3) is 3.98. The molecule has 0 aliphatic carbocycles. The first kappa shape index (κ1) is 19.4. The Morgan fingerprint density at radius 1 is 1.07 bits per heavy atom. The lowest BCUT2D eigenvalue weighted by molar-refractivity contribution is -0.131. The molecule has 7 heteroatoms. The molecule has 3 aromatic rings. The molecule has 0 aliphatic rings. The predicted molar refractivity (Wildman–Crippen MR) is 106 cm³/mol. The molecule has 2 aromatic heterocycles. The highest BCUT2D eigenvalue weighted by atomic mass is 16.3. The summed E-state index contributed by atoms with van der Waals surface area (Å²) in [6.45, 7) is 5.08. The van der Waals surface area contributed by atoms with Crippen molar-refractivity contribution in [2.24, 2.45) is 0 Å². The summed E-state index contributed by atoms with van der Waals surface area (Å²) >= 11 is 0. The zero-order valence-electron chi connectivity index (χ0n) is 16.3. The van der Waals surface area contributed by atoms with Crippen molar-refractivity contribution in [1.82, 2.24) is 19.6 Å². The molecule has 3 rings (SSSR count). The van der Waals surface area contributed by atoms with Crippen LogP contribution in [0.5, 0.6) is 0 Å². The molecule has 2 amide bonds. The molecular formula is C21H24N4O3. The van der Waals surface area contributed by atoms with Crippen molar-refractivity contribution in [1.29, 1.82) is 0 Å². The van der Waals surface area contributed by atoms with Crippen LogP contribution < -0.4 is 0 Å². The lowest BCUT2D eigenvalue weighted by Gasteiger charge is -2.23. The zero-order chi connectivity index (χ0) is 20.1. The lowest BCUT2D eigenvalue weighted by Crippen LogP contribution is -2.41. The average molecular weight is 380 g/mol. The zero-order valence-corrected chi connectivity index (χ0v) is 16.3. The lowest BCUT2D eigenvalue weighted by atomic mass is 10.2. The van der Waals surface area contributed by atoms with Gasteiger partial charge in [0.2, 0.25) is 5.91 Å². The first-order valence-electron chi connectivity index (χ1n) is 9.27. The van der Waals surface area contributed by atoms with Gasteiger partial charge in [0, 0.05) is 26.2 Å². The summed E-state index contributed by atoms with van der Waals surface area (Å²) in [5.74, 6) is 0.207. The summed E-state index contributed by atoms with van der Waals surface area (Å²) in [6, 6.07) is 14.7. The van der Waals surface area contributed by atoms with Crippen LogP contribution in [-0.4, -0.2) is 58.1 Å². The third-order valence-corrected chi connectivity index (χ3v) is 4.54. The Labute approximate surface area is 164 Å². The third-order valence-electron chi connectivity index (χ3n) is 4.54. The molecule has 146 valence electrons. The second kappa shape index (κ2) is 8.56. The van der Waals surface area contributed by atoms with E-state index in [4.69, 9.17) is 4.42 Å². The number of furan rings is 1. The van der Waals surface area contributed by atoms with Crippen molar-refractivity contribution in [2.75, 3.05) is 26.7 Å². The summed E-state index contributed by atoms with van der Waals surface area (Å²) in [4.78, 5) is 28.6. The highest BCUT2D eigenvalue weighted by Gasteiger charge is 2.23. The number of hydrogen-bond donors (Lipinski definition) is 0. The van der Waals surface area contributed by atoms with Crippen molar-refractivity contribution in [3.05, 3.63) is 60.5 Å². The molecule has 0 aliphatic heterocycles. The second-order valence-electron chi connectivity index (χ2n) is 6.37. The maximum absolute atomic E-state index is 13.1. The molecule has 0 N–H and O–H groups in total. The normalized spacial score (nSPS) is 10.7. The van der Waals surface area contributed by atoms with E-state index in [1.807, 2.05) is 44.2 Å². The Balaban J connectivity index is 1.93. The second-order valence-corrected chi connectivity index (χ2v) is 6.37. The van der Waals surface area contributed by atoms with Gasteiger partial charge < -0.3 is 14.2 Å². The number of benzene rings is 1. The van der Waals surface area contributed by atoms with E-state index in [0.29, 0.717) is 30.2 Å². The number of amides is 2. The van der Waals surface area contributed by atoms with Gasteiger partial charge >= 0.3 is 0 Å². The molecule has 0 radical (unpaired) electrons. The van der Waals surface area contributed by atoms with Crippen molar-refractivity contribution in [3.63, 3.8) is 0 Å². The van der Waals surface area contributed by atoms with Crippen LogP contribution in [0.4, 0.5) is 0 Å². The van der Waals surface area contributed by atoms with Crippen LogP contribution in [-0.2, 0) is 4.79 Å². The SMILES string of the molecule is CCN(CC)C(=O)CN(C)C(=O)c1cc(-c2ccco2)nn1-c1ccccc1. The molecule has 0 unspecified atom stereocenters. The van der Waals surface area contributed by atoms with E-state index in [1.54, 1.807) is 41.1 Å². The van der Waals surface area contributed by atoms with E-state index >= 15 is 0 Å². The summed E-state index contributed by atoms with van der Waals surface area (Å²) in [5.41, 5.74) is 1.68. The number of nitrogens with zero attached hydrogens (tertiary/aromatic N) is 4. The first-order valence-corrected chi connectivity index (χ1v) is 9.27. The van der Waals surface area contributed by atoms with Crippen LogP contribution in [0.2, 0.25) is 0 Å². The van der Waals surface area contributed by atoms with Crippen LogP contribution in [0.25, 0.3) is 17.1 Å². The minimum Gasteiger partial charge on any atom is -0.463 e. The van der Waals surface area contributed by atoms with Gasteiger partial charge in [-0.3, -0.25) is 9.59 Å². The molecule has 7 nitrogen and oxygen atoms in total. The summed E-state index contributed by atoms with van der Waals surface area (Å²) in [7, 11) is 1.62. The number of hydrogen-bond acceptors (Lipinski definition) is 4. The molecule has 0 atom stereocenters. The predicted octanol–water partition coefficient (Wildman–Crippen LogP) is 3.07. The number of likely N-dealkylation sites (N-methyl/N-ethyl adjacent to an activating group) is 2. The quantitative estimate of drug-likeness (QED) is 0.632. The highest BCUT2D eigenvalue weighted by molar-refractivity contribution is 5.96. The van der Waals surface area contributed by atoms with Crippen LogP contribution in [0.3, 0.4) is 0 Å². The molecule has 0 saturated carbocycles. The number of rotatable bonds is 7. The van der Waals surface area contributed by atoms with Crippen LogP contribution in [0, 0.1) is 0 Å². The van der Waals surface area contributed by atoms with E-state index in [-0.39, 0.29) is 18.4 Å². The Morgan fingerprint density at radius 2 is 1.79 bits per heavy atom. The average Bonchev–Trinajstić information content (AvgIpc) is 3.38. The summed E-state index contributed by atoms with van der Waals surface area (Å²) in [6.07, 6.45) is 1.56. The van der Waals surface area contributed by atoms with Gasteiger partial charge in [0.15, 0.2) is 5.76 Å². The van der Waals surface area contributed by atoms with Crippen LogP contribution >= 0.6 is 0 Å². The molecule has 0 fully saturated rings. The van der Waals surface area contributed by atoms with Crippen molar-refractivity contribution in [2.45, 2.75) is 13.8 Å². The Bertz CT molecular complexity index is 928. The molecule has 1 aromatic carbocycles. The maximum Gasteiger partial charge on any atom is 0.272 e. The maximum atomic E-state index is 13.1. The summed E-state index contributed by atoms with van der Waals surface area (Å²) in [5, 5.41) is 4.55. The highest BCUT2D eigenvalue weighted by Crippen LogP contribution is 2.23. The van der Waals surface area contributed by atoms with Gasteiger partial charge in [-0.25, -0.2) is 4.68 Å². The largest absolute Gasteiger partial charge is 0.463 e. The van der Waals surface area contributed by atoms with Crippen LogP contribution in [0.1, 0.15) is 24.3 Å².